The predicted molar refractivity (Wildman–Crippen MR) is 40.2 cm³/mol. The first-order valence-corrected chi connectivity index (χ1v) is 3.77. The Bertz CT molecular complexity index is 108. The van der Waals surface area contributed by atoms with Gasteiger partial charge in [0.25, 0.3) is 0 Å². The summed E-state index contributed by atoms with van der Waals surface area (Å²) in [5.74, 6) is 2.16. The van der Waals surface area contributed by atoms with Crippen molar-refractivity contribution in [3.63, 3.8) is 0 Å². The van der Waals surface area contributed by atoms with E-state index in [9.17, 15) is 0 Å². The summed E-state index contributed by atoms with van der Waals surface area (Å²) in [7, 11) is 4.19. The first-order valence-electron chi connectivity index (χ1n) is 2.23. The highest BCUT2D eigenvalue weighted by Gasteiger charge is 2.11. The van der Waals surface area contributed by atoms with Crippen LogP contribution in [-0.2, 0) is 0 Å². The Hall–Kier alpha value is 0.340. The van der Waals surface area contributed by atoms with Crippen LogP contribution in [0.5, 0.6) is 0 Å². The summed E-state index contributed by atoms with van der Waals surface area (Å²) in [5, 5.41) is 0. The van der Waals surface area contributed by atoms with Gasteiger partial charge in [0.2, 0.25) is 0 Å². The Morgan fingerprint density at radius 3 is 2.57 bits per heavy atom. The van der Waals surface area contributed by atoms with E-state index in [1.54, 1.807) is 0 Å². The van der Waals surface area contributed by atoms with E-state index in [4.69, 9.17) is 0 Å². The van der Waals surface area contributed by atoms with Gasteiger partial charge in [-0.05, 0) is 12.7 Å². The van der Waals surface area contributed by atoms with Crippen molar-refractivity contribution in [2.24, 2.45) is 0 Å². The molecule has 2 unspecified atom stereocenters. The molecule has 1 heterocycles. The predicted octanol–water partition coefficient (Wildman–Crippen LogP) is 1.90. The van der Waals surface area contributed by atoms with E-state index >= 15 is 0 Å². The minimum absolute atomic E-state index is 0.347. The van der Waals surface area contributed by atoms with E-state index in [2.05, 4.69) is 34.1 Å². The summed E-state index contributed by atoms with van der Waals surface area (Å²) in [6, 6.07) is 0. The molecule has 7 heavy (non-hydrogen) atoms. The van der Waals surface area contributed by atoms with Crippen molar-refractivity contribution in [3.05, 3.63) is 12.2 Å². The molecule has 0 aromatic rings. The molecule has 1 rings (SSSR count). The fourth-order valence-corrected chi connectivity index (χ4v) is 1.52. The molecule has 0 aromatic carbocycles. The molecule has 0 fully saturated rings. The first-order chi connectivity index (χ1) is 3.21. The van der Waals surface area contributed by atoms with Crippen molar-refractivity contribution in [2.45, 2.75) is 11.8 Å². The third-order valence-corrected chi connectivity index (χ3v) is 2.54. The van der Waals surface area contributed by atoms with Crippen LogP contribution >= 0.6 is 17.4 Å². The van der Waals surface area contributed by atoms with Crippen LogP contribution in [0.2, 0.25) is 0 Å². The molecule has 38 valence electrons. The lowest BCUT2D eigenvalue weighted by atomic mass is 10.4. The molecule has 0 saturated carbocycles. The Kier molecular flexibility index (Phi) is 1.32. The first kappa shape index (κ1) is 5.48. The largest absolute Gasteiger partial charge is 0.118 e. The second-order valence-corrected chi connectivity index (χ2v) is 5.07. The summed E-state index contributed by atoms with van der Waals surface area (Å²) < 4.78 is 0. The highest BCUT2D eigenvalue weighted by atomic mass is 31.1. The second kappa shape index (κ2) is 1.69. The van der Waals surface area contributed by atoms with Gasteiger partial charge in [-0.15, -0.1) is 9.24 Å². The van der Waals surface area contributed by atoms with E-state index in [1.807, 2.05) is 0 Å². The zero-order valence-electron chi connectivity index (χ0n) is 4.26. The highest BCUT2D eigenvalue weighted by Crippen LogP contribution is 2.35. The minimum atomic E-state index is 0.347. The van der Waals surface area contributed by atoms with Crippen molar-refractivity contribution in [3.8, 4) is 0 Å². The molecular formula is C5H8P2. The Morgan fingerprint density at radius 1 is 1.71 bits per heavy atom. The van der Waals surface area contributed by atoms with Gasteiger partial charge in [0.05, 0.1) is 0 Å². The van der Waals surface area contributed by atoms with Crippen LogP contribution in [0, 0.1) is 0 Å². The van der Waals surface area contributed by atoms with Gasteiger partial charge in [-0.3, -0.25) is 0 Å². The Balaban J connectivity index is 2.77. The van der Waals surface area contributed by atoms with E-state index in [0.717, 1.165) is 0 Å². The van der Waals surface area contributed by atoms with Crippen molar-refractivity contribution >= 4 is 23.2 Å². The summed E-state index contributed by atoms with van der Waals surface area (Å²) >= 11 is 0. The van der Waals surface area contributed by atoms with Crippen LogP contribution in [0.4, 0.5) is 0 Å². The average molecular weight is 130 g/mol. The summed E-state index contributed by atoms with van der Waals surface area (Å²) in [5.41, 5.74) is 0. The van der Waals surface area contributed by atoms with E-state index in [0.29, 0.717) is 4.90 Å². The third-order valence-electron chi connectivity index (χ3n) is 0.872. The normalized spacial score (nSPS) is 39.7. The minimum Gasteiger partial charge on any atom is -0.118 e. The fraction of sp³-hybridized carbons (Fsp3) is 0.400. The van der Waals surface area contributed by atoms with E-state index < -0.39 is 0 Å². The molecule has 0 radical (unpaired) electrons. The molecule has 1 aliphatic heterocycles. The number of hydrogen-bond acceptors (Lipinski definition) is 0. The maximum absolute atomic E-state index is 2.80. The highest BCUT2D eigenvalue weighted by molar-refractivity contribution is 7.53. The molecule has 2 heteroatoms. The maximum Gasteiger partial charge on any atom is 0.0415 e. The molecule has 0 aliphatic carbocycles. The average Bonchev–Trinajstić information content (AvgIpc) is 1.84. The van der Waals surface area contributed by atoms with Gasteiger partial charge < -0.3 is 0 Å². The molecular weight excluding hydrogens is 122 g/mol. The van der Waals surface area contributed by atoms with Gasteiger partial charge in [-0.25, -0.2) is 0 Å². The third kappa shape index (κ3) is 1.37. The smallest absolute Gasteiger partial charge is 0.0415 e. The molecule has 1 aliphatic rings. The Labute approximate surface area is 48.0 Å². The standard InChI is InChI=1S/C5H8P2/c1-5(6)3-2-4-7-5/h2-4H,6H2,1H3. The number of allylic oxidation sites excluding steroid dienone is 2. The SMILES string of the molecule is CC1(P)C=CC=P1. The molecule has 0 bridgehead atoms. The summed E-state index contributed by atoms with van der Waals surface area (Å²) in [6.07, 6.45) is 4.30. The number of rotatable bonds is 0. The monoisotopic (exact) mass is 130 g/mol. The van der Waals surface area contributed by atoms with Crippen molar-refractivity contribution in [1.29, 1.82) is 0 Å². The lowest BCUT2D eigenvalue weighted by Gasteiger charge is -2.06. The lowest BCUT2D eigenvalue weighted by Crippen LogP contribution is -1.94. The van der Waals surface area contributed by atoms with Crippen molar-refractivity contribution in [1.82, 2.24) is 0 Å². The van der Waals surface area contributed by atoms with Gasteiger partial charge in [-0.2, -0.15) is 0 Å². The maximum atomic E-state index is 2.80. The van der Waals surface area contributed by atoms with Crippen LogP contribution in [0.25, 0.3) is 0 Å². The van der Waals surface area contributed by atoms with Crippen LogP contribution in [0.15, 0.2) is 12.2 Å². The van der Waals surface area contributed by atoms with E-state index in [-0.39, 0.29) is 0 Å². The van der Waals surface area contributed by atoms with Crippen LogP contribution < -0.4 is 0 Å². The Morgan fingerprint density at radius 2 is 2.43 bits per heavy atom. The van der Waals surface area contributed by atoms with Gasteiger partial charge >= 0.3 is 0 Å². The van der Waals surface area contributed by atoms with Gasteiger partial charge in [0, 0.05) is 4.90 Å². The second-order valence-electron chi connectivity index (χ2n) is 1.86. The number of hydrogen-bond donors (Lipinski definition) is 0. The van der Waals surface area contributed by atoms with E-state index in [1.165, 1.54) is 8.20 Å². The molecule has 0 nitrogen and oxygen atoms in total. The topological polar surface area (TPSA) is 0 Å². The lowest BCUT2D eigenvalue weighted by molar-refractivity contribution is 1.17. The molecule has 2 atom stereocenters. The zero-order valence-corrected chi connectivity index (χ0v) is 6.31. The summed E-state index contributed by atoms with van der Waals surface area (Å²) in [6.45, 7) is 2.19. The fourth-order valence-electron chi connectivity index (χ4n) is 0.485. The van der Waals surface area contributed by atoms with Gasteiger partial charge in [0.1, 0.15) is 0 Å². The van der Waals surface area contributed by atoms with Crippen molar-refractivity contribution in [2.75, 3.05) is 0 Å². The zero-order chi connectivity index (χ0) is 5.33. The van der Waals surface area contributed by atoms with Crippen LogP contribution in [-0.4, -0.2) is 10.7 Å². The molecule has 0 amide bonds. The molecule has 0 spiro atoms. The van der Waals surface area contributed by atoms with Gasteiger partial charge in [-0.1, -0.05) is 20.4 Å². The molecule has 0 aromatic heterocycles. The van der Waals surface area contributed by atoms with Crippen molar-refractivity contribution < 1.29 is 0 Å². The molecule has 0 saturated heterocycles. The van der Waals surface area contributed by atoms with Crippen LogP contribution in [0.3, 0.4) is 0 Å². The van der Waals surface area contributed by atoms with Crippen LogP contribution in [0.1, 0.15) is 6.92 Å². The quantitative estimate of drug-likeness (QED) is 0.439. The van der Waals surface area contributed by atoms with Gasteiger partial charge in [0.15, 0.2) is 0 Å². The summed E-state index contributed by atoms with van der Waals surface area (Å²) in [4.78, 5) is 0.347. The molecule has 0 N–H and O–H groups in total.